The zero-order valence-corrected chi connectivity index (χ0v) is 11.5. The standard InChI is InChI=1S/C18H19NO/c19-17-10-4-13(5-11-17)12-18(20)16-8-6-15(7-9-16)14-2-1-3-14/h4-11,14H,1-3,12,19H2. The minimum absolute atomic E-state index is 0.162. The van der Waals surface area contributed by atoms with E-state index in [2.05, 4.69) is 12.1 Å². The van der Waals surface area contributed by atoms with Crippen molar-refractivity contribution in [3.63, 3.8) is 0 Å². The van der Waals surface area contributed by atoms with Gasteiger partial charge in [0, 0.05) is 17.7 Å². The molecule has 0 atom stereocenters. The molecule has 0 aromatic heterocycles. The topological polar surface area (TPSA) is 43.1 Å². The van der Waals surface area contributed by atoms with Crippen LogP contribution in [0, 0.1) is 0 Å². The zero-order valence-electron chi connectivity index (χ0n) is 11.5. The first-order chi connectivity index (χ1) is 9.72. The second-order valence-electron chi connectivity index (χ2n) is 5.59. The summed E-state index contributed by atoms with van der Waals surface area (Å²) in [5.41, 5.74) is 9.55. The number of ketones is 1. The number of Topliss-reactive ketones (excluding diaryl/α,β-unsaturated/α-hetero) is 1. The normalized spacial score (nSPS) is 14.8. The van der Waals surface area contributed by atoms with E-state index in [-0.39, 0.29) is 5.78 Å². The van der Waals surface area contributed by atoms with Gasteiger partial charge in [-0.1, -0.05) is 42.8 Å². The Labute approximate surface area is 119 Å². The lowest BCUT2D eigenvalue weighted by atomic mass is 9.80. The summed E-state index contributed by atoms with van der Waals surface area (Å²) in [5, 5.41) is 0. The fraction of sp³-hybridized carbons (Fsp3) is 0.278. The van der Waals surface area contributed by atoms with Crippen molar-refractivity contribution in [3.8, 4) is 0 Å². The molecule has 20 heavy (non-hydrogen) atoms. The van der Waals surface area contributed by atoms with E-state index >= 15 is 0 Å². The lowest BCUT2D eigenvalue weighted by molar-refractivity contribution is 0.0993. The maximum absolute atomic E-state index is 12.2. The number of nitrogens with two attached hydrogens (primary N) is 1. The SMILES string of the molecule is Nc1ccc(CC(=O)c2ccc(C3CCC3)cc2)cc1. The van der Waals surface area contributed by atoms with Crippen LogP contribution < -0.4 is 5.73 Å². The van der Waals surface area contributed by atoms with E-state index in [1.165, 1.54) is 24.8 Å². The minimum Gasteiger partial charge on any atom is -0.399 e. The second kappa shape index (κ2) is 5.49. The Morgan fingerprint density at radius 3 is 2.20 bits per heavy atom. The summed E-state index contributed by atoms with van der Waals surface area (Å²) in [4.78, 5) is 12.2. The summed E-state index contributed by atoms with van der Waals surface area (Å²) in [7, 11) is 0. The van der Waals surface area contributed by atoms with Gasteiger partial charge in [-0.2, -0.15) is 0 Å². The first-order valence-corrected chi connectivity index (χ1v) is 7.20. The molecule has 1 fully saturated rings. The van der Waals surface area contributed by atoms with E-state index in [4.69, 9.17) is 5.73 Å². The zero-order chi connectivity index (χ0) is 13.9. The summed E-state index contributed by atoms with van der Waals surface area (Å²) in [6.07, 6.45) is 4.35. The molecule has 0 bridgehead atoms. The highest BCUT2D eigenvalue weighted by Crippen LogP contribution is 2.36. The Morgan fingerprint density at radius 2 is 1.65 bits per heavy atom. The first-order valence-electron chi connectivity index (χ1n) is 7.20. The van der Waals surface area contributed by atoms with Gasteiger partial charge < -0.3 is 5.73 Å². The van der Waals surface area contributed by atoms with Crippen LogP contribution >= 0.6 is 0 Å². The van der Waals surface area contributed by atoms with Gasteiger partial charge in [-0.25, -0.2) is 0 Å². The van der Waals surface area contributed by atoms with Crippen LogP contribution in [-0.4, -0.2) is 5.78 Å². The van der Waals surface area contributed by atoms with Gasteiger partial charge in [-0.15, -0.1) is 0 Å². The number of carbonyl (C=O) groups excluding carboxylic acids is 1. The van der Waals surface area contributed by atoms with E-state index in [0.29, 0.717) is 6.42 Å². The third kappa shape index (κ3) is 2.74. The molecule has 0 saturated heterocycles. The number of hydrogen-bond donors (Lipinski definition) is 1. The molecular weight excluding hydrogens is 246 g/mol. The van der Waals surface area contributed by atoms with Gasteiger partial charge >= 0.3 is 0 Å². The van der Waals surface area contributed by atoms with Crippen molar-refractivity contribution in [2.45, 2.75) is 31.6 Å². The lowest BCUT2D eigenvalue weighted by Gasteiger charge is -2.25. The molecule has 102 valence electrons. The number of hydrogen-bond acceptors (Lipinski definition) is 2. The van der Waals surface area contributed by atoms with Crippen LogP contribution in [0.1, 0.15) is 46.7 Å². The van der Waals surface area contributed by atoms with Crippen molar-refractivity contribution in [3.05, 3.63) is 65.2 Å². The van der Waals surface area contributed by atoms with Crippen LogP contribution in [-0.2, 0) is 6.42 Å². The number of carbonyl (C=O) groups is 1. The smallest absolute Gasteiger partial charge is 0.167 e. The highest BCUT2D eigenvalue weighted by molar-refractivity contribution is 5.97. The molecule has 2 nitrogen and oxygen atoms in total. The Hall–Kier alpha value is -2.09. The van der Waals surface area contributed by atoms with Gasteiger partial charge in [0.1, 0.15) is 0 Å². The van der Waals surface area contributed by atoms with Crippen LogP contribution in [0.2, 0.25) is 0 Å². The Balaban J connectivity index is 1.68. The van der Waals surface area contributed by atoms with Crippen LogP contribution in [0.15, 0.2) is 48.5 Å². The largest absolute Gasteiger partial charge is 0.399 e. The van der Waals surface area contributed by atoms with Crippen molar-refractivity contribution in [1.29, 1.82) is 0 Å². The van der Waals surface area contributed by atoms with E-state index in [9.17, 15) is 4.79 Å². The van der Waals surface area contributed by atoms with Crippen LogP contribution in [0.25, 0.3) is 0 Å². The fourth-order valence-corrected chi connectivity index (χ4v) is 2.61. The van der Waals surface area contributed by atoms with E-state index in [1.807, 2.05) is 36.4 Å². The summed E-state index contributed by atoms with van der Waals surface area (Å²) in [6, 6.07) is 15.6. The molecule has 2 aromatic carbocycles. The molecule has 0 aliphatic heterocycles. The van der Waals surface area contributed by atoms with Gasteiger partial charge in [0.15, 0.2) is 5.78 Å². The minimum atomic E-state index is 0.162. The quantitative estimate of drug-likeness (QED) is 0.671. The molecule has 1 aliphatic rings. The predicted molar refractivity (Wildman–Crippen MR) is 81.9 cm³/mol. The van der Waals surface area contributed by atoms with Crippen molar-refractivity contribution >= 4 is 11.5 Å². The molecule has 2 N–H and O–H groups in total. The van der Waals surface area contributed by atoms with Gasteiger partial charge in [-0.3, -0.25) is 4.79 Å². The van der Waals surface area contributed by atoms with Crippen LogP contribution in [0.4, 0.5) is 5.69 Å². The Bertz CT molecular complexity index is 594. The lowest BCUT2D eigenvalue weighted by Crippen LogP contribution is -2.09. The summed E-state index contributed by atoms with van der Waals surface area (Å²) < 4.78 is 0. The Morgan fingerprint density at radius 1 is 1.00 bits per heavy atom. The van der Waals surface area contributed by atoms with Crippen molar-refractivity contribution in [2.24, 2.45) is 0 Å². The molecule has 2 aromatic rings. The molecule has 0 spiro atoms. The van der Waals surface area contributed by atoms with Gasteiger partial charge in [0.05, 0.1) is 0 Å². The highest BCUT2D eigenvalue weighted by atomic mass is 16.1. The Kier molecular flexibility index (Phi) is 3.55. The molecule has 2 heteroatoms. The summed E-state index contributed by atoms with van der Waals surface area (Å²) in [6.45, 7) is 0. The van der Waals surface area contributed by atoms with Crippen molar-refractivity contribution < 1.29 is 4.79 Å². The number of benzene rings is 2. The van der Waals surface area contributed by atoms with Crippen LogP contribution in [0.5, 0.6) is 0 Å². The average Bonchev–Trinajstić information content (AvgIpc) is 2.40. The highest BCUT2D eigenvalue weighted by Gasteiger charge is 2.19. The molecule has 0 heterocycles. The van der Waals surface area contributed by atoms with E-state index in [0.717, 1.165) is 22.7 Å². The molecular formula is C18H19NO. The number of rotatable bonds is 4. The average molecular weight is 265 g/mol. The number of nitrogen functional groups attached to an aromatic ring is 1. The number of anilines is 1. The van der Waals surface area contributed by atoms with Crippen LogP contribution in [0.3, 0.4) is 0 Å². The maximum Gasteiger partial charge on any atom is 0.167 e. The van der Waals surface area contributed by atoms with Gasteiger partial charge in [0.2, 0.25) is 0 Å². The van der Waals surface area contributed by atoms with Crippen molar-refractivity contribution in [2.75, 3.05) is 5.73 Å². The summed E-state index contributed by atoms with van der Waals surface area (Å²) in [5.74, 6) is 0.881. The molecule has 0 unspecified atom stereocenters. The predicted octanol–water partition coefficient (Wildman–Crippen LogP) is 3.96. The molecule has 1 aliphatic carbocycles. The molecule has 1 saturated carbocycles. The van der Waals surface area contributed by atoms with E-state index < -0.39 is 0 Å². The fourth-order valence-electron chi connectivity index (χ4n) is 2.61. The third-order valence-corrected chi connectivity index (χ3v) is 4.15. The molecule has 0 radical (unpaired) electrons. The molecule has 3 rings (SSSR count). The first kappa shape index (κ1) is 12.9. The maximum atomic E-state index is 12.2. The third-order valence-electron chi connectivity index (χ3n) is 4.15. The van der Waals surface area contributed by atoms with Crippen molar-refractivity contribution in [1.82, 2.24) is 0 Å². The summed E-state index contributed by atoms with van der Waals surface area (Å²) >= 11 is 0. The van der Waals surface area contributed by atoms with Gasteiger partial charge in [0.25, 0.3) is 0 Å². The molecule has 0 amide bonds. The van der Waals surface area contributed by atoms with E-state index in [1.54, 1.807) is 0 Å². The van der Waals surface area contributed by atoms with Gasteiger partial charge in [-0.05, 0) is 42.0 Å². The monoisotopic (exact) mass is 265 g/mol. The second-order valence-corrected chi connectivity index (χ2v) is 5.59.